The Morgan fingerprint density at radius 3 is 2.36 bits per heavy atom. The Kier molecular flexibility index (Phi) is 19.4. The van der Waals surface area contributed by atoms with Crippen LogP contribution in [0.5, 0.6) is 0 Å². The summed E-state index contributed by atoms with van der Waals surface area (Å²) in [6.45, 7) is 6.29. The van der Waals surface area contributed by atoms with E-state index >= 15 is 0 Å². The first-order valence-corrected chi connectivity index (χ1v) is 12.8. The summed E-state index contributed by atoms with van der Waals surface area (Å²) in [7, 11) is -0.323. The highest BCUT2D eigenvalue weighted by atomic mass is 32.6. The zero-order valence-electron chi connectivity index (χ0n) is 16.0. The summed E-state index contributed by atoms with van der Waals surface area (Å²) in [5, 5.41) is 0. The van der Waals surface area contributed by atoms with Gasteiger partial charge in [0.15, 0.2) is 6.29 Å². The van der Waals surface area contributed by atoms with E-state index in [1.165, 1.54) is 6.42 Å². The molecule has 1 fully saturated rings. The lowest BCUT2D eigenvalue weighted by Gasteiger charge is -2.22. The fourth-order valence-electron chi connectivity index (χ4n) is 1.72. The molecule has 1 aliphatic heterocycles. The van der Waals surface area contributed by atoms with Crippen LogP contribution >= 0.6 is 14.8 Å². The average Bonchev–Trinajstić information content (AvgIpc) is 2.67. The number of hydrogen-bond donors (Lipinski definition) is 1. The second-order valence-electron chi connectivity index (χ2n) is 4.94. The van der Waals surface area contributed by atoms with Crippen molar-refractivity contribution in [3.8, 4) is 12.3 Å². The van der Waals surface area contributed by atoms with Crippen LogP contribution in [0, 0.1) is 12.3 Å². The molecule has 1 saturated heterocycles. The smallest absolute Gasteiger partial charge is 0.157 e. The monoisotopic (exact) mass is 416 g/mol. The topological polar surface area (TPSA) is 66.4 Å². The van der Waals surface area contributed by atoms with Gasteiger partial charge < -0.3 is 28.6 Å². The predicted octanol–water partition coefficient (Wildman–Crippen LogP) is 2.40. The Bertz CT molecular complexity index is 397. The van der Waals surface area contributed by atoms with Crippen LogP contribution in [0.3, 0.4) is 0 Å². The van der Waals surface area contributed by atoms with Crippen molar-refractivity contribution >= 4 is 26.6 Å². The zero-order valence-corrected chi connectivity index (χ0v) is 17.7. The van der Waals surface area contributed by atoms with Crippen molar-refractivity contribution in [1.29, 1.82) is 1.28 Å². The molecular weight excluding hydrogens is 382 g/mol. The van der Waals surface area contributed by atoms with E-state index in [2.05, 4.69) is 17.7 Å². The summed E-state index contributed by atoms with van der Waals surface area (Å²) >= 11 is 4.69. The predicted molar refractivity (Wildman–Crippen MR) is 108 cm³/mol. The van der Waals surface area contributed by atoms with Gasteiger partial charge in [-0.3, -0.25) is 0 Å². The van der Waals surface area contributed by atoms with Crippen molar-refractivity contribution in [2.75, 3.05) is 59.0 Å². The lowest BCUT2D eigenvalue weighted by molar-refractivity contribution is -0.169. The summed E-state index contributed by atoms with van der Waals surface area (Å²) < 4.78 is 33.8. The van der Waals surface area contributed by atoms with Crippen LogP contribution in [0.2, 0.25) is 0 Å². The van der Waals surface area contributed by atoms with Gasteiger partial charge in [-0.1, -0.05) is 24.7 Å². The molecule has 0 aromatic carbocycles. The third-order valence-corrected chi connectivity index (χ3v) is 6.92. The van der Waals surface area contributed by atoms with Crippen molar-refractivity contribution in [2.24, 2.45) is 0 Å². The number of rotatable bonds is 13. The molecule has 0 amide bonds. The van der Waals surface area contributed by atoms with Gasteiger partial charge in [-0.25, -0.2) is 0 Å². The van der Waals surface area contributed by atoms with Crippen LogP contribution in [0.1, 0.15) is 26.2 Å². The van der Waals surface area contributed by atoms with Crippen LogP contribution in [0.15, 0.2) is 0 Å². The van der Waals surface area contributed by atoms with Crippen LogP contribution in [0.4, 0.5) is 0 Å². The third-order valence-electron chi connectivity index (χ3n) is 3.00. The fourth-order valence-corrected chi connectivity index (χ4v) is 2.29. The Labute approximate surface area is 160 Å². The van der Waals surface area contributed by atoms with Crippen molar-refractivity contribution in [3.63, 3.8) is 0 Å². The van der Waals surface area contributed by atoms with E-state index in [9.17, 15) is 0 Å². The minimum absolute atomic E-state index is 0.0399. The molecular formula is C16H32O6P2S. The Morgan fingerprint density at radius 1 is 1.24 bits per heavy atom. The van der Waals surface area contributed by atoms with Gasteiger partial charge in [-0.15, -0.1) is 6.42 Å². The highest BCUT2D eigenvalue weighted by Crippen LogP contribution is 2.40. The van der Waals surface area contributed by atoms with Gasteiger partial charge in [0, 0.05) is 15.1 Å². The van der Waals surface area contributed by atoms with Crippen LogP contribution in [-0.4, -0.2) is 71.5 Å². The molecule has 148 valence electrons. The van der Waals surface area contributed by atoms with Crippen molar-refractivity contribution in [1.82, 2.24) is 0 Å². The van der Waals surface area contributed by atoms with Gasteiger partial charge in [-0.2, -0.15) is 0 Å². The molecule has 25 heavy (non-hydrogen) atoms. The molecule has 6 nitrogen and oxygen atoms in total. The highest BCUT2D eigenvalue weighted by molar-refractivity contribution is 8.37. The SMILES string of the molecule is C#CCOCCOCCOCCOC1CCCCO1.[3H]P(=S)(CC)PO. The molecule has 0 spiro atoms. The van der Waals surface area contributed by atoms with Gasteiger partial charge in [0.05, 0.1) is 40.9 Å². The van der Waals surface area contributed by atoms with Crippen LogP contribution in [-0.2, 0) is 35.5 Å². The van der Waals surface area contributed by atoms with Gasteiger partial charge >= 0.3 is 0 Å². The van der Waals surface area contributed by atoms with Crippen molar-refractivity contribution in [3.05, 3.63) is 0 Å². The Morgan fingerprint density at radius 2 is 1.88 bits per heavy atom. The summed E-state index contributed by atoms with van der Waals surface area (Å²) in [4.78, 5) is 8.38. The molecule has 1 aliphatic rings. The maximum Gasteiger partial charge on any atom is 0.157 e. The normalized spacial score (nSPS) is 20.4. The number of ether oxygens (including phenoxy) is 5. The lowest BCUT2D eigenvalue weighted by Crippen LogP contribution is -2.24. The molecule has 0 radical (unpaired) electrons. The number of hydrogen-bond acceptors (Lipinski definition) is 7. The maximum atomic E-state index is 8.38. The summed E-state index contributed by atoms with van der Waals surface area (Å²) in [5.41, 5.74) is 0. The zero-order chi connectivity index (χ0) is 19.5. The summed E-state index contributed by atoms with van der Waals surface area (Å²) in [6, 6.07) is 0. The average molecular weight is 416 g/mol. The first kappa shape index (κ1) is 23.4. The van der Waals surface area contributed by atoms with Gasteiger partial charge in [0.25, 0.3) is 0 Å². The third kappa shape index (κ3) is 19.0. The molecule has 9 heteroatoms. The quantitative estimate of drug-likeness (QED) is 0.281. The van der Waals surface area contributed by atoms with E-state index < -0.39 is 6.33 Å². The van der Waals surface area contributed by atoms with E-state index in [4.69, 9.17) is 36.3 Å². The molecule has 0 aromatic rings. The van der Waals surface area contributed by atoms with E-state index in [1.807, 2.05) is 6.92 Å². The van der Waals surface area contributed by atoms with Crippen LogP contribution in [0.25, 0.3) is 0 Å². The molecule has 1 heterocycles. The molecule has 3 unspecified atom stereocenters. The molecule has 1 rings (SSSR count). The first-order chi connectivity index (χ1) is 12.6. The van der Waals surface area contributed by atoms with Crippen molar-refractivity contribution in [2.45, 2.75) is 32.5 Å². The largest absolute Gasteiger partial charge is 0.377 e. The van der Waals surface area contributed by atoms with E-state index in [0.29, 0.717) is 52.4 Å². The van der Waals surface area contributed by atoms with Crippen molar-refractivity contribution < 1.29 is 28.6 Å². The second kappa shape index (κ2) is 20.7. The fraction of sp³-hybridized carbons (Fsp3) is 0.875. The van der Waals surface area contributed by atoms with Gasteiger partial charge in [0.2, 0.25) is 0 Å². The first-order valence-electron chi connectivity index (χ1n) is 8.93. The van der Waals surface area contributed by atoms with E-state index in [-0.39, 0.29) is 14.8 Å². The highest BCUT2D eigenvalue weighted by Gasteiger charge is 2.13. The molecule has 1 N–H and O–H groups in total. The molecule has 0 saturated carbocycles. The molecule has 0 aliphatic carbocycles. The maximum absolute atomic E-state index is 8.38. The lowest BCUT2D eigenvalue weighted by atomic mass is 10.2. The molecule has 0 aromatic heterocycles. The molecule has 0 bridgehead atoms. The van der Waals surface area contributed by atoms with Gasteiger partial charge in [-0.05, 0) is 31.8 Å². The minimum Gasteiger partial charge on any atom is -0.377 e. The molecule has 3 atom stereocenters. The number of terminal acetylenes is 1. The minimum atomic E-state index is -1.99. The van der Waals surface area contributed by atoms with Crippen LogP contribution < -0.4 is 0 Å². The summed E-state index contributed by atoms with van der Waals surface area (Å²) in [6.07, 6.45) is 6.96. The Hall–Kier alpha value is 0.400. The van der Waals surface area contributed by atoms with Gasteiger partial charge in [0.1, 0.15) is 6.61 Å². The van der Waals surface area contributed by atoms with E-state index in [0.717, 1.165) is 19.4 Å². The standard InChI is InChI=1S/C14H24O5.C2H8OP2S/c1-2-6-15-8-9-16-10-11-17-12-13-19-14-5-3-4-7-18-14;1-2-5(6)4-3/h1,14H,3-13H2;3-5H,2H2,1H3/i;5T. The Balaban J connectivity index is 0.000000758. The summed E-state index contributed by atoms with van der Waals surface area (Å²) in [5.74, 6) is 2.39. The van der Waals surface area contributed by atoms with E-state index in [1.54, 1.807) is 0 Å². The second-order valence-corrected chi connectivity index (χ2v) is 11.0.